The summed E-state index contributed by atoms with van der Waals surface area (Å²) >= 11 is 0. The number of carbonyl (C=O) groups excluding carboxylic acids is 1. The SMILES string of the molecule is C#C[C@H]1CC(F)(F)CN1C(=O)OCc1ccccc1. The number of likely N-dealkylation sites (tertiary alicyclic amines) is 1. The lowest BCUT2D eigenvalue weighted by Gasteiger charge is -2.19. The Labute approximate surface area is 110 Å². The molecule has 19 heavy (non-hydrogen) atoms. The molecule has 0 aliphatic carbocycles. The highest BCUT2D eigenvalue weighted by atomic mass is 19.3. The molecule has 100 valence electrons. The first-order valence-corrected chi connectivity index (χ1v) is 5.83. The van der Waals surface area contributed by atoms with Crippen LogP contribution >= 0.6 is 0 Å². The fraction of sp³-hybridized carbons (Fsp3) is 0.357. The number of hydrogen-bond donors (Lipinski definition) is 0. The van der Waals surface area contributed by atoms with Gasteiger partial charge in [-0.15, -0.1) is 6.42 Å². The number of terminal acetylenes is 1. The Bertz CT molecular complexity index is 496. The standard InChI is InChI=1S/C14H13F2NO2/c1-2-12-8-14(15,16)10-17(12)13(18)19-9-11-6-4-3-5-7-11/h1,3-7,12H,8-10H2/t12-/m0/s1. The number of ether oxygens (including phenoxy) is 1. The molecule has 1 aliphatic heterocycles. The van der Waals surface area contributed by atoms with Crippen LogP contribution < -0.4 is 0 Å². The van der Waals surface area contributed by atoms with E-state index in [1.807, 2.05) is 6.07 Å². The van der Waals surface area contributed by atoms with Crippen molar-refractivity contribution in [1.29, 1.82) is 0 Å². The van der Waals surface area contributed by atoms with Crippen molar-refractivity contribution < 1.29 is 18.3 Å². The number of hydrogen-bond acceptors (Lipinski definition) is 2. The Kier molecular flexibility index (Phi) is 3.70. The quantitative estimate of drug-likeness (QED) is 0.769. The maximum absolute atomic E-state index is 13.2. The van der Waals surface area contributed by atoms with Gasteiger partial charge in [-0.2, -0.15) is 0 Å². The van der Waals surface area contributed by atoms with Gasteiger partial charge in [0.05, 0.1) is 6.54 Å². The van der Waals surface area contributed by atoms with Crippen LogP contribution in [0.5, 0.6) is 0 Å². The van der Waals surface area contributed by atoms with Gasteiger partial charge in [0, 0.05) is 6.42 Å². The number of nitrogens with zero attached hydrogens (tertiary/aromatic N) is 1. The molecule has 0 N–H and O–H groups in total. The first kappa shape index (κ1) is 13.3. The van der Waals surface area contributed by atoms with E-state index in [-0.39, 0.29) is 6.61 Å². The number of alkyl halides is 2. The third-order valence-corrected chi connectivity index (χ3v) is 2.90. The molecule has 1 amide bonds. The van der Waals surface area contributed by atoms with Crippen LogP contribution in [0.15, 0.2) is 30.3 Å². The van der Waals surface area contributed by atoms with Crippen molar-refractivity contribution >= 4 is 6.09 Å². The topological polar surface area (TPSA) is 29.5 Å². The van der Waals surface area contributed by atoms with Gasteiger partial charge in [-0.05, 0) is 5.56 Å². The van der Waals surface area contributed by atoms with Crippen LogP contribution in [-0.4, -0.2) is 29.5 Å². The zero-order chi connectivity index (χ0) is 13.9. The second kappa shape index (κ2) is 5.27. The maximum Gasteiger partial charge on any atom is 0.411 e. The molecule has 1 aromatic rings. The Balaban J connectivity index is 1.95. The van der Waals surface area contributed by atoms with Crippen LogP contribution in [0.25, 0.3) is 0 Å². The zero-order valence-corrected chi connectivity index (χ0v) is 10.2. The van der Waals surface area contributed by atoms with Crippen LogP contribution in [-0.2, 0) is 11.3 Å². The molecule has 1 saturated heterocycles. The summed E-state index contributed by atoms with van der Waals surface area (Å²) in [5, 5.41) is 0. The van der Waals surface area contributed by atoms with E-state index in [9.17, 15) is 13.6 Å². The van der Waals surface area contributed by atoms with E-state index in [2.05, 4.69) is 5.92 Å². The second-order valence-corrected chi connectivity index (χ2v) is 4.41. The van der Waals surface area contributed by atoms with Crippen molar-refractivity contribution in [3.63, 3.8) is 0 Å². The molecule has 0 spiro atoms. The van der Waals surface area contributed by atoms with Crippen molar-refractivity contribution in [3.8, 4) is 12.3 Å². The molecule has 5 heteroatoms. The minimum absolute atomic E-state index is 0.0407. The summed E-state index contributed by atoms with van der Waals surface area (Å²) in [7, 11) is 0. The maximum atomic E-state index is 13.2. The average molecular weight is 265 g/mol. The Morgan fingerprint density at radius 1 is 1.47 bits per heavy atom. The number of rotatable bonds is 2. The molecular formula is C14H13F2NO2. The van der Waals surface area contributed by atoms with E-state index in [4.69, 9.17) is 11.2 Å². The van der Waals surface area contributed by atoms with Gasteiger partial charge < -0.3 is 4.74 Å². The zero-order valence-electron chi connectivity index (χ0n) is 10.2. The van der Waals surface area contributed by atoms with Gasteiger partial charge >= 0.3 is 6.09 Å². The summed E-state index contributed by atoms with van der Waals surface area (Å²) < 4.78 is 31.4. The minimum Gasteiger partial charge on any atom is -0.445 e. The molecule has 1 heterocycles. The van der Waals surface area contributed by atoms with Crippen LogP contribution in [0.3, 0.4) is 0 Å². The lowest BCUT2D eigenvalue weighted by atomic mass is 10.2. The predicted octanol–water partition coefficient (Wildman–Crippen LogP) is 2.67. The third kappa shape index (κ3) is 3.22. The summed E-state index contributed by atoms with van der Waals surface area (Å²) in [6.45, 7) is -0.644. The first-order chi connectivity index (χ1) is 9.02. The van der Waals surface area contributed by atoms with E-state index in [0.29, 0.717) is 0 Å². The number of benzene rings is 1. The van der Waals surface area contributed by atoms with Gasteiger partial charge in [-0.3, -0.25) is 4.90 Å². The van der Waals surface area contributed by atoms with Gasteiger partial charge in [0.2, 0.25) is 0 Å². The molecule has 1 aromatic carbocycles. The molecule has 3 nitrogen and oxygen atoms in total. The summed E-state index contributed by atoms with van der Waals surface area (Å²) in [6, 6.07) is 8.10. The Hall–Kier alpha value is -2.09. The molecule has 0 unspecified atom stereocenters. The molecule has 0 saturated carbocycles. The van der Waals surface area contributed by atoms with Gasteiger partial charge in [0.15, 0.2) is 0 Å². The van der Waals surface area contributed by atoms with Crippen LogP contribution in [0.1, 0.15) is 12.0 Å². The van der Waals surface area contributed by atoms with E-state index in [0.717, 1.165) is 10.5 Å². The highest BCUT2D eigenvalue weighted by Crippen LogP contribution is 2.32. The first-order valence-electron chi connectivity index (χ1n) is 5.83. The summed E-state index contributed by atoms with van der Waals surface area (Å²) in [5.41, 5.74) is 0.791. The summed E-state index contributed by atoms with van der Waals surface area (Å²) in [4.78, 5) is 12.7. The molecule has 1 fully saturated rings. The third-order valence-electron chi connectivity index (χ3n) is 2.90. The van der Waals surface area contributed by atoms with Gasteiger partial charge in [0.1, 0.15) is 12.6 Å². The van der Waals surface area contributed by atoms with E-state index < -0.39 is 31.0 Å². The smallest absolute Gasteiger partial charge is 0.411 e. The molecule has 0 radical (unpaired) electrons. The fourth-order valence-corrected chi connectivity index (χ4v) is 1.96. The Morgan fingerprint density at radius 2 is 2.16 bits per heavy atom. The van der Waals surface area contributed by atoms with Crippen molar-refractivity contribution in [2.75, 3.05) is 6.54 Å². The van der Waals surface area contributed by atoms with E-state index in [1.165, 1.54) is 0 Å². The monoisotopic (exact) mass is 265 g/mol. The van der Waals surface area contributed by atoms with Crippen molar-refractivity contribution in [2.24, 2.45) is 0 Å². The van der Waals surface area contributed by atoms with Crippen molar-refractivity contribution in [3.05, 3.63) is 35.9 Å². The molecule has 0 bridgehead atoms. The fourth-order valence-electron chi connectivity index (χ4n) is 1.96. The second-order valence-electron chi connectivity index (χ2n) is 4.41. The van der Waals surface area contributed by atoms with Gasteiger partial charge in [0.25, 0.3) is 5.92 Å². The largest absolute Gasteiger partial charge is 0.445 e. The lowest BCUT2D eigenvalue weighted by Crippen LogP contribution is -2.36. The number of halogens is 2. The number of amides is 1. The number of carbonyl (C=O) groups is 1. The van der Waals surface area contributed by atoms with E-state index in [1.54, 1.807) is 24.3 Å². The average Bonchev–Trinajstić information content (AvgIpc) is 2.72. The van der Waals surface area contributed by atoms with Gasteiger partial charge in [-0.25, -0.2) is 13.6 Å². The Morgan fingerprint density at radius 3 is 2.79 bits per heavy atom. The minimum atomic E-state index is -2.94. The van der Waals surface area contributed by atoms with E-state index >= 15 is 0 Å². The molecular weight excluding hydrogens is 252 g/mol. The van der Waals surface area contributed by atoms with Gasteiger partial charge in [-0.1, -0.05) is 36.3 Å². The van der Waals surface area contributed by atoms with Crippen molar-refractivity contribution in [1.82, 2.24) is 4.90 Å². The highest BCUT2D eigenvalue weighted by Gasteiger charge is 2.47. The summed E-state index contributed by atoms with van der Waals surface area (Å²) in [6.07, 6.45) is 3.85. The van der Waals surface area contributed by atoms with Crippen LogP contribution in [0.2, 0.25) is 0 Å². The van der Waals surface area contributed by atoms with Crippen LogP contribution in [0.4, 0.5) is 13.6 Å². The molecule has 2 rings (SSSR count). The highest BCUT2D eigenvalue weighted by molar-refractivity contribution is 5.69. The normalized spacial score (nSPS) is 20.9. The molecule has 0 aromatic heterocycles. The van der Waals surface area contributed by atoms with Crippen LogP contribution in [0, 0.1) is 12.3 Å². The molecule has 1 aliphatic rings. The summed E-state index contributed by atoms with van der Waals surface area (Å²) in [5.74, 6) is -0.748. The molecule has 1 atom stereocenters. The van der Waals surface area contributed by atoms with Crippen molar-refractivity contribution in [2.45, 2.75) is 25.0 Å². The lowest BCUT2D eigenvalue weighted by molar-refractivity contribution is 0.0102. The predicted molar refractivity (Wildman–Crippen MR) is 65.5 cm³/mol.